The van der Waals surface area contributed by atoms with E-state index in [1.54, 1.807) is 0 Å². The highest BCUT2D eigenvalue weighted by Crippen LogP contribution is 2.24. The predicted molar refractivity (Wildman–Crippen MR) is 76.4 cm³/mol. The molecule has 0 saturated heterocycles. The van der Waals surface area contributed by atoms with Gasteiger partial charge in [0.05, 0.1) is 0 Å². The van der Waals surface area contributed by atoms with Gasteiger partial charge in [0.25, 0.3) is 0 Å². The molecule has 1 N–H and O–H groups in total. The predicted octanol–water partition coefficient (Wildman–Crippen LogP) is 3.27. The van der Waals surface area contributed by atoms with Gasteiger partial charge in [0.15, 0.2) is 0 Å². The van der Waals surface area contributed by atoms with Crippen LogP contribution in [-0.2, 0) is 0 Å². The van der Waals surface area contributed by atoms with Crippen LogP contribution in [0.2, 0.25) is 0 Å². The highest BCUT2D eigenvalue weighted by atomic mass is 15.2. The van der Waals surface area contributed by atoms with Crippen molar-refractivity contribution in [1.29, 1.82) is 0 Å². The van der Waals surface area contributed by atoms with Crippen molar-refractivity contribution < 1.29 is 0 Å². The summed E-state index contributed by atoms with van der Waals surface area (Å²) < 4.78 is 0. The molecule has 0 aromatic heterocycles. The van der Waals surface area contributed by atoms with Gasteiger partial charge in [-0.05, 0) is 25.8 Å². The van der Waals surface area contributed by atoms with E-state index in [1.165, 1.54) is 32.1 Å². The Labute approximate surface area is 108 Å². The van der Waals surface area contributed by atoms with E-state index in [-0.39, 0.29) is 0 Å². The van der Waals surface area contributed by atoms with Gasteiger partial charge in [0.2, 0.25) is 0 Å². The lowest BCUT2D eigenvalue weighted by Crippen LogP contribution is -2.49. The van der Waals surface area contributed by atoms with E-state index < -0.39 is 0 Å². The fraction of sp³-hybridized carbons (Fsp3) is 1.00. The molecule has 0 spiro atoms. The SMILES string of the molecule is CC(C)NCC(C(C)C)N(C)C1CCCCC1. The van der Waals surface area contributed by atoms with Crippen molar-refractivity contribution in [2.75, 3.05) is 13.6 Å². The Kier molecular flexibility index (Phi) is 6.50. The van der Waals surface area contributed by atoms with Crippen molar-refractivity contribution >= 4 is 0 Å². The zero-order chi connectivity index (χ0) is 12.8. The molecule has 0 heterocycles. The van der Waals surface area contributed by atoms with Gasteiger partial charge in [0.1, 0.15) is 0 Å². The molecule has 1 unspecified atom stereocenters. The van der Waals surface area contributed by atoms with Crippen LogP contribution in [0.15, 0.2) is 0 Å². The van der Waals surface area contributed by atoms with Gasteiger partial charge in [0, 0.05) is 24.7 Å². The summed E-state index contributed by atoms with van der Waals surface area (Å²) in [6.07, 6.45) is 7.11. The molecule has 1 aliphatic rings. The van der Waals surface area contributed by atoms with Crippen molar-refractivity contribution in [2.45, 2.75) is 77.9 Å². The van der Waals surface area contributed by atoms with Gasteiger partial charge in [-0.2, -0.15) is 0 Å². The summed E-state index contributed by atoms with van der Waals surface area (Å²) in [6, 6.07) is 2.10. The topological polar surface area (TPSA) is 15.3 Å². The normalized spacial score (nSPS) is 20.5. The quantitative estimate of drug-likeness (QED) is 0.766. The second-order valence-corrected chi connectivity index (χ2v) is 6.33. The maximum absolute atomic E-state index is 3.61. The highest BCUT2D eigenvalue weighted by molar-refractivity contribution is 4.82. The third kappa shape index (κ3) is 4.97. The van der Waals surface area contributed by atoms with Crippen LogP contribution in [-0.4, -0.2) is 36.6 Å². The first-order valence-electron chi connectivity index (χ1n) is 7.47. The summed E-state index contributed by atoms with van der Waals surface area (Å²) >= 11 is 0. The number of hydrogen-bond acceptors (Lipinski definition) is 2. The van der Waals surface area contributed by atoms with Gasteiger partial charge in [-0.3, -0.25) is 4.90 Å². The Balaban J connectivity index is 2.49. The number of nitrogens with one attached hydrogen (secondary N) is 1. The smallest absolute Gasteiger partial charge is 0.0243 e. The Bertz CT molecular complexity index is 195. The lowest BCUT2D eigenvalue weighted by Gasteiger charge is -2.39. The largest absolute Gasteiger partial charge is 0.313 e. The van der Waals surface area contributed by atoms with Gasteiger partial charge in [-0.15, -0.1) is 0 Å². The first kappa shape index (κ1) is 15.0. The fourth-order valence-electron chi connectivity index (χ4n) is 2.97. The minimum atomic E-state index is 0.594. The molecule has 2 heteroatoms. The zero-order valence-corrected chi connectivity index (χ0v) is 12.5. The number of rotatable bonds is 6. The van der Waals surface area contributed by atoms with E-state index in [0.29, 0.717) is 12.1 Å². The van der Waals surface area contributed by atoms with Crippen molar-refractivity contribution in [1.82, 2.24) is 10.2 Å². The second kappa shape index (κ2) is 7.38. The van der Waals surface area contributed by atoms with Crippen molar-refractivity contribution in [2.24, 2.45) is 5.92 Å². The Morgan fingerprint density at radius 1 is 1.06 bits per heavy atom. The van der Waals surface area contributed by atoms with Crippen molar-refractivity contribution in [3.8, 4) is 0 Å². The van der Waals surface area contributed by atoms with Crippen LogP contribution in [0.3, 0.4) is 0 Å². The minimum Gasteiger partial charge on any atom is -0.313 e. The summed E-state index contributed by atoms with van der Waals surface area (Å²) in [4.78, 5) is 2.65. The van der Waals surface area contributed by atoms with E-state index in [0.717, 1.165) is 18.5 Å². The van der Waals surface area contributed by atoms with E-state index in [4.69, 9.17) is 0 Å². The van der Waals surface area contributed by atoms with E-state index >= 15 is 0 Å². The maximum atomic E-state index is 3.61. The molecule has 17 heavy (non-hydrogen) atoms. The molecule has 1 atom stereocenters. The van der Waals surface area contributed by atoms with Crippen molar-refractivity contribution in [3.63, 3.8) is 0 Å². The monoisotopic (exact) mass is 240 g/mol. The molecular weight excluding hydrogens is 208 g/mol. The number of nitrogens with zero attached hydrogens (tertiary/aromatic N) is 1. The zero-order valence-electron chi connectivity index (χ0n) is 12.5. The lowest BCUT2D eigenvalue weighted by atomic mass is 9.91. The maximum Gasteiger partial charge on any atom is 0.0243 e. The highest BCUT2D eigenvalue weighted by Gasteiger charge is 2.26. The van der Waals surface area contributed by atoms with Gasteiger partial charge in [-0.25, -0.2) is 0 Å². The van der Waals surface area contributed by atoms with Crippen LogP contribution >= 0.6 is 0 Å². The van der Waals surface area contributed by atoms with Crippen molar-refractivity contribution in [3.05, 3.63) is 0 Å². The Hall–Kier alpha value is -0.0800. The molecule has 0 aromatic rings. The standard InChI is InChI=1S/C15H32N2/c1-12(2)15(11-16-13(3)4)17(5)14-9-7-6-8-10-14/h12-16H,6-11H2,1-5H3. The third-order valence-corrected chi connectivity index (χ3v) is 4.18. The van der Waals surface area contributed by atoms with Crippen LogP contribution in [0.4, 0.5) is 0 Å². The Morgan fingerprint density at radius 2 is 1.65 bits per heavy atom. The van der Waals surface area contributed by atoms with Gasteiger partial charge in [-0.1, -0.05) is 47.0 Å². The average Bonchev–Trinajstić information content (AvgIpc) is 2.29. The van der Waals surface area contributed by atoms with Crippen LogP contribution in [0.5, 0.6) is 0 Å². The molecule has 0 radical (unpaired) electrons. The van der Waals surface area contributed by atoms with Crippen LogP contribution in [0.1, 0.15) is 59.8 Å². The molecule has 0 amide bonds. The van der Waals surface area contributed by atoms with Crippen LogP contribution < -0.4 is 5.32 Å². The molecule has 1 rings (SSSR count). The third-order valence-electron chi connectivity index (χ3n) is 4.18. The second-order valence-electron chi connectivity index (χ2n) is 6.33. The van der Waals surface area contributed by atoms with Gasteiger partial charge >= 0.3 is 0 Å². The van der Waals surface area contributed by atoms with E-state index in [1.807, 2.05) is 0 Å². The molecule has 102 valence electrons. The molecule has 2 nitrogen and oxygen atoms in total. The fourth-order valence-corrected chi connectivity index (χ4v) is 2.97. The molecule has 0 aromatic carbocycles. The average molecular weight is 240 g/mol. The lowest BCUT2D eigenvalue weighted by molar-refractivity contribution is 0.105. The first-order valence-corrected chi connectivity index (χ1v) is 7.47. The summed E-state index contributed by atoms with van der Waals surface area (Å²) in [7, 11) is 2.34. The summed E-state index contributed by atoms with van der Waals surface area (Å²) in [6.45, 7) is 10.3. The van der Waals surface area contributed by atoms with Crippen LogP contribution in [0, 0.1) is 5.92 Å². The molecule has 0 bridgehead atoms. The number of hydrogen-bond donors (Lipinski definition) is 1. The minimum absolute atomic E-state index is 0.594. The summed E-state index contributed by atoms with van der Waals surface area (Å²) in [5, 5.41) is 3.61. The Morgan fingerprint density at radius 3 is 2.12 bits per heavy atom. The number of likely N-dealkylation sites (N-methyl/N-ethyl adjacent to an activating group) is 1. The molecule has 1 fully saturated rings. The molecule has 1 aliphatic carbocycles. The first-order chi connectivity index (χ1) is 8.02. The molecular formula is C15H32N2. The molecule has 1 saturated carbocycles. The summed E-state index contributed by atoms with van der Waals surface area (Å²) in [5.74, 6) is 0.730. The van der Waals surface area contributed by atoms with Crippen LogP contribution in [0.25, 0.3) is 0 Å². The van der Waals surface area contributed by atoms with Gasteiger partial charge < -0.3 is 5.32 Å². The van der Waals surface area contributed by atoms with E-state index in [2.05, 4.69) is 45.0 Å². The molecule has 0 aliphatic heterocycles. The summed E-state index contributed by atoms with van der Waals surface area (Å²) in [5.41, 5.74) is 0. The van der Waals surface area contributed by atoms with E-state index in [9.17, 15) is 0 Å².